The van der Waals surface area contributed by atoms with E-state index in [9.17, 15) is 0 Å². The highest BCUT2D eigenvalue weighted by Crippen LogP contribution is 2.28. The second-order valence-electron chi connectivity index (χ2n) is 4.68. The Morgan fingerprint density at radius 3 is 2.80 bits per heavy atom. The molecule has 3 unspecified atom stereocenters. The van der Waals surface area contributed by atoms with Crippen molar-refractivity contribution in [3.8, 4) is 0 Å². The fraction of sp³-hybridized carbons (Fsp3) is 0.909. The number of oxime groups is 1. The summed E-state index contributed by atoms with van der Waals surface area (Å²) in [6.07, 6.45) is 5.35. The van der Waals surface area contributed by atoms with Gasteiger partial charge in [0.25, 0.3) is 0 Å². The summed E-state index contributed by atoms with van der Waals surface area (Å²) >= 11 is 0. The zero-order valence-corrected chi connectivity index (χ0v) is 9.74. The van der Waals surface area contributed by atoms with E-state index >= 15 is 0 Å². The standard InChI is InChI=1S/C11H23N3O/c1-8-5-3-4-6-10(8)7-13-9(2)11(12)14-15/h8-10,13,15H,3-7H2,1-2H3,(H2,12,14). The number of nitrogens with zero attached hydrogens (tertiary/aromatic N) is 1. The first-order valence-corrected chi connectivity index (χ1v) is 5.86. The van der Waals surface area contributed by atoms with Crippen LogP contribution in [0.5, 0.6) is 0 Å². The van der Waals surface area contributed by atoms with Crippen LogP contribution in [-0.2, 0) is 0 Å². The largest absolute Gasteiger partial charge is 0.409 e. The van der Waals surface area contributed by atoms with E-state index in [0.717, 1.165) is 18.4 Å². The van der Waals surface area contributed by atoms with Crippen molar-refractivity contribution in [2.75, 3.05) is 6.54 Å². The fourth-order valence-electron chi connectivity index (χ4n) is 2.22. The van der Waals surface area contributed by atoms with Gasteiger partial charge in [-0.1, -0.05) is 31.3 Å². The molecule has 0 aliphatic heterocycles. The van der Waals surface area contributed by atoms with Crippen LogP contribution in [0.25, 0.3) is 0 Å². The normalized spacial score (nSPS) is 30.1. The van der Waals surface area contributed by atoms with E-state index < -0.39 is 0 Å². The van der Waals surface area contributed by atoms with Gasteiger partial charge in [0.2, 0.25) is 0 Å². The molecule has 0 amide bonds. The Kier molecular flexibility index (Phi) is 4.88. The van der Waals surface area contributed by atoms with Gasteiger partial charge in [-0.15, -0.1) is 0 Å². The van der Waals surface area contributed by atoms with Crippen LogP contribution in [0.15, 0.2) is 5.16 Å². The van der Waals surface area contributed by atoms with Gasteiger partial charge in [0.05, 0.1) is 6.04 Å². The molecule has 88 valence electrons. The number of amidine groups is 1. The predicted molar refractivity (Wildman–Crippen MR) is 62.0 cm³/mol. The highest BCUT2D eigenvalue weighted by Gasteiger charge is 2.21. The highest BCUT2D eigenvalue weighted by molar-refractivity contribution is 5.84. The van der Waals surface area contributed by atoms with E-state index in [4.69, 9.17) is 10.9 Å². The summed E-state index contributed by atoms with van der Waals surface area (Å²) in [5, 5.41) is 14.8. The fourth-order valence-corrected chi connectivity index (χ4v) is 2.22. The van der Waals surface area contributed by atoms with Crippen LogP contribution in [0.2, 0.25) is 0 Å². The van der Waals surface area contributed by atoms with Crippen molar-refractivity contribution in [2.45, 2.75) is 45.6 Å². The third-order valence-corrected chi connectivity index (χ3v) is 3.53. The lowest BCUT2D eigenvalue weighted by molar-refractivity contribution is 0.245. The molecule has 4 nitrogen and oxygen atoms in total. The number of hydrogen-bond donors (Lipinski definition) is 3. The number of nitrogens with two attached hydrogens (primary N) is 1. The van der Waals surface area contributed by atoms with Crippen molar-refractivity contribution in [2.24, 2.45) is 22.7 Å². The summed E-state index contributed by atoms with van der Waals surface area (Å²) < 4.78 is 0. The Morgan fingerprint density at radius 1 is 1.53 bits per heavy atom. The molecule has 1 aliphatic rings. The zero-order chi connectivity index (χ0) is 11.3. The van der Waals surface area contributed by atoms with Gasteiger partial charge in [0, 0.05) is 0 Å². The molecule has 0 aromatic heterocycles. The monoisotopic (exact) mass is 213 g/mol. The Morgan fingerprint density at radius 2 is 2.20 bits per heavy atom. The lowest BCUT2D eigenvalue weighted by Crippen LogP contribution is -2.42. The average Bonchev–Trinajstić information content (AvgIpc) is 2.26. The van der Waals surface area contributed by atoms with Gasteiger partial charge in [-0.2, -0.15) is 0 Å². The molecule has 15 heavy (non-hydrogen) atoms. The van der Waals surface area contributed by atoms with Gasteiger partial charge in [0.1, 0.15) is 0 Å². The van der Waals surface area contributed by atoms with Crippen molar-refractivity contribution in [3.63, 3.8) is 0 Å². The molecule has 0 radical (unpaired) electrons. The Hall–Kier alpha value is -0.770. The maximum atomic E-state index is 8.52. The second-order valence-corrected chi connectivity index (χ2v) is 4.68. The minimum atomic E-state index is -0.0378. The van der Waals surface area contributed by atoms with Crippen molar-refractivity contribution >= 4 is 5.84 Å². The topological polar surface area (TPSA) is 70.6 Å². The molecule has 1 saturated carbocycles. The second kappa shape index (κ2) is 5.95. The molecule has 0 aromatic carbocycles. The SMILES string of the molecule is CC(NCC1CCCCC1C)C(N)=NO. The molecule has 0 heterocycles. The maximum absolute atomic E-state index is 8.52. The van der Waals surface area contributed by atoms with Crippen molar-refractivity contribution in [3.05, 3.63) is 0 Å². The minimum Gasteiger partial charge on any atom is -0.409 e. The summed E-state index contributed by atoms with van der Waals surface area (Å²) in [4.78, 5) is 0. The Labute approximate surface area is 91.9 Å². The van der Waals surface area contributed by atoms with E-state index in [1.54, 1.807) is 0 Å². The Bertz CT molecular complexity index is 218. The van der Waals surface area contributed by atoms with Gasteiger partial charge >= 0.3 is 0 Å². The quantitative estimate of drug-likeness (QED) is 0.287. The number of nitrogens with one attached hydrogen (secondary N) is 1. The molecule has 1 aliphatic carbocycles. The third kappa shape index (κ3) is 3.70. The summed E-state index contributed by atoms with van der Waals surface area (Å²) in [5.74, 6) is 1.80. The smallest absolute Gasteiger partial charge is 0.156 e. The zero-order valence-electron chi connectivity index (χ0n) is 9.74. The molecular formula is C11H23N3O. The molecule has 1 rings (SSSR count). The molecule has 4 heteroatoms. The first-order chi connectivity index (χ1) is 7.15. The first kappa shape index (κ1) is 12.3. The molecular weight excluding hydrogens is 190 g/mol. The predicted octanol–water partition coefficient (Wildman–Crippen LogP) is 1.54. The molecule has 0 saturated heterocycles. The average molecular weight is 213 g/mol. The van der Waals surface area contributed by atoms with Gasteiger partial charge in [-0.25, -0.2) is 0 Å². The molecule has 4 N–H and O–H groups in total. The van der Waals surface area contributed by atoms with Gasteiger partial charge < -0.3 is 16.3 Å². The van der Waals surface area contributed by atoms with Gasteiger partial charge in [0.15, 0.2) is 5.84 Å². The third-order valence-electron chi connectivity index (χ3n) is 3.53. The van der Waals surface area contributed by atoms with Crippen LogP contribution < -0.4 is 11.1 Å². The lowest BCUT2D eigenvalue weighted by Gasteiger charge is -2.29. The lowest BCUT2D eigenvalue weighted by atomic mass is 9.80. The summed E-state index contributed by atoms with van der Waals surface area (Å²) in [6.45, 7) is 5.21. The maximum Gasteiger partial charge on any atom is 0.156 e. The van der Waals surface area contributed by atoms with Crippen molar-refractivity contribution in [1.82, 2.24) is 5.32 Å². The summed E-state index contributed by atoms with van der Waals surface area (Å²) in [7, 11) is 0. The summed E-state index contributed by atoms with van der Waals surface area (Å²) in [6, 6.07) is -0.0378. The van der Waals surface area contributed by atoms with Crippen LogP contribution in [-0.4, -0.2) is 23.6 Å². The highest BCUT2D eigenvalue weighted by atomic mass is 16.4. The van der Waals surface area contributed by atoms with Crippen LogP contribution in [0.1, 0.15) is 39.5 Å². The molecule has 0 bridgehead atoms. The molecule has 0 spiro atoms. The van der Waals surface area contributed by atoms with E-state index in [1.165, 1.54) is 25.7 Å². The number of rotatable bonds is 4. The van der Waals surface area contributed by atoms with Crippen molar-refractivity contribution in [1.29, 1.82) is 0 Å². The molecule has 0 aromatic rings. The van der Waals surface area contributed by atoms with E-state index in [0.29, 0.717) is 0 Å². The molecule has 3 atom stereocenters. The van der Waals surface area contributed by atoms with Crippen LogP contribution >= 0.6 is 0 Å². The Balaban J connectivity index is 2.29. The van der Waals surface area contributed by atoms with Crippen LogP contribution in [0.4, 0.5) is 0 Å². The van der Waals surface area contributed by atoms with E-state index in [2.05, 4.69) is 17.4 Å². The minimum absolute atomic E-state index is 0.0378. The van der Waals surface area contributed by atoms with Crippen LogP contribution in [0.3, 0.4) is 0 Å². The number of hydrogen-bond acceptors (Lipinski definition) is 3. The van der Waals surface area contributed by atoms with Gasteiger partial charge in [-0.3, -0.25) is 0 Å². The van der Waals surface area contributed by atoms with Gasteiger partial charge in [-0.05, 0) is 31.7 Å². The summed E-state index contributed by atoms with van der Waals surface area (Å²) in [5.41, 5.74) is 5.50. The van der Waals surface area contributed by atoms with E-state index in [1.807, 2.05) is 6.92 Å². The van der Waals surface area contributed by atoms with Crippen LogP contribution in [0, 0.1) is 11.8 Å². The molecule has 1 fully saturated rings. The first-order valence-electron chi connectivity index (χ1n) is 5.86. The van der Waals surface area contributed by atoms with Crippen molar-refractivity contribution < 1.29 is 5.21 Å². The van der Waals surface area contributed by atoms with E-state index in [-0.39, 0.29) is 11.9 Å².